The Morgan fingerprint density at radius 2 is 2.33 bits per heavy atom. The summed E-state index contributed by atoms with van der Waals surface area (Å²) in [7, 11) is 0. The van der Waals surface area contributed by atoms with Crippen molar-refractivity contribution < 1.29 is 5.11 Å². The number of aliphatic hydroxyl groups excluding tert-OH is 1. The van der Waals surface area contributed by atoms with E-state index in [0.717, 1.165) is 6.42 Å². The van der Waals surface area contributed by atoms with Crippen LogP contribution in [0.15, 0.2) is 0 Å². The molecule has 0 aromatic rings. The summed E-state index contributed by atoms with van der Waals surface area (Å²) in [6.45, 7) is 0.279. The van der Waals surface area contributed by atoms with Crippen molar-refractivity contribution in [3.8, 4) is 0 Å². The Morgan fingerprint density at radius 1 is 1.83 bits per heavy atom. The van der Waals surface area contributed by atoms with Crippen LogP contribution in [0, 0.1) is 5.92 Å². The zero-order chi connectivity index (χ0) is 4.57. The molecule has 1 saturated carbocycles. The van der Waals surface area contributed by atoms with Gasteiger partial charge in [-0.3, -0.25) is 0 Å². The summed E-state index contributed by atoms with van der Waals surface area (Å²) in [5, 5.41) is 8.30. The first kappa shape index (κ1) is 4.09. The van der Waals surface area contributed by atoms with E-state index in [1.165, 1.54) is 0 Å². The van der Waals surface area contributed by atoms with Crippen molar-refractivity contribution in [3.63, 3.8) is 0 Å². The summed E-state index contributed by atoms with van der Waals surface area (Å²) in [4.78, 5) is 0. The molecule has 0 bridgehead atoms. The minimum absolute atomic E-state index is 0.279. The van der Waals surface area contributed by atoms with Crippen LogP contribution in [-0.4, -0.2) is 17.8 Å². The Labute approximate surface area is 37.0 Å². The van der Waals surface area contributed by atoms with Gasteiger partial charge in [0, 0.05) is 12.6 Å². The molecular formula is C4H9NO. The van der Waals surface area contributed by atoms with Gasteiger partial charge in [0.05, 0.1) is 0 Å². The first-order chi connectivity index (χ1) is 2.84. The maximum absolute atomic E-state index is 8.30. The lowest BCUT2D eigenvalue weighted by molar-refractivity contribution is 0.274. The highest BCUT2D eigenvalue weighted by atomic mass is 16.3. The number of hydrogen-bond donors (Lipinski definition) is 2. The molecule has 0 saturated heterocycles. The molecule has 0 aromatic carbocycles. The molecule has 1 fully saturated rings. The summed E-state index contributed by atoms with van der Waals surface area (Å²) in [6, 6.07) is 0.315. The van der Waals surface area contributed by atoms with Crippen LogP contribution < -0.4 is 5.73 Å². The Hall–Kier alpha value is -0.0800. The van der Waals surface area contributed by atoms with Gasteiger partial charge in [-0.05, 0) is 12.3 Å². The number of hydrogen-bond acceptors (Lipinski definition) is 2. The van der Waals surface area contributed by atoms with Crippen LogP contribution in [-0.2, 0) is 0 Å². The standard InChI is InChI=1S/C4H9NO/c5-4-1-3(4)2-6/h3-4,6H,1-2,5H2/t3?,4-/m1/s1. The average molecular weight is 87.1 g/mol. The third-order valence-corrected chi connectivity index (χ3v) is 1.21. The zero-order valence-electron chi connectivity index (χ0n) is 3.59. The van der Waals surface area contributed by atoms with Gasteiger partial charge in [-0.2, -0.15) is 0 Å². The lowest BCUT2D eigenvalue weighted by Crippen LogP contribution is -2.03. The van der Waals surface area contributed by atoms with Crippen LogP contribution in [0.25, 0.3) is 0 Å². The van der Waals surface area contributed by atoms with Crippen LogP contribution in [0.2, 0.25) is 0 Å². The molecule has 0 heterocycles. The topological polar surface area (TPSA) is 46.2 Å². The van der Waals surface area contributed by atoms with Crippen LogP contribution >= 0.6 is 0 Å². The van der Waals surface area contributed by atoms with Crippen molar-refractivity contribution in [1.82, 2.24) is 0 Å². The first-order valence-corrected chi connectivity index (χ1v) is 2.21. The zero-order valence-corrected chi connectivity index (χ0v) is 3.59. The molecule has 1 unspecified atom stereocenters. The van der Waals surface area contributed by atoms with Crippen molar-refractivity contribution >= 4 is 0 Å². The van der Waals surface area contributed by atoms with E-state index < -0.39 is 0 Å². The molecule has 6 heavy (non-hydrogen) atoms. The predicted molar refractivity (Wildman–Crippen MR) is 23.2 cm³/mol. The SMILES string of the molecule is N[C@@H]1CC1CO. The fraction of sp³-hybridized carbons (Fsp3) is 1.00. The van der Waals surface area contributed by atoms with E-state index in [1.807, 2.05) is 0 Å². The van der Waals surface area contributed by atoms with E-state index >= 15 is 0 Å². The quantitative estimate of drug-likeness (QED) is 0.445. The third kappa shape index (κ3) is 0.533. The van der Waals surface area contributed by atoms with Gasteiger partial charge in [-0.25, -0.2) is 0 Å². The molecule has 36 valence electrons. The predicted octanol–water partition coefficient (Wildman–Crippen LogP) is -0.674. The smallest absolute Gasteiger partial charge is 0.0474 e. The van der Waals surface area contributed by atoms with Crippen molar-refractivity contribution in [2.75, 3.05) is 6.61 Å². The lowest BCUT2D eigenvalue weighted by Gasteiger charge is -1.79. The molecule has 0 aromatic heterocycles. The Bertz CT molecular complexity index is 53.5. The maximum atomic E-state index is 8.30. The molecule has 3 N–H and O–H groups in total. The fourth-order valence-electron chi connectivity index (χ4n) is 0.481. The molecule has 2 atom stereocenters. The van der Waals surface area contributed by atoms with Crippen molar-refractivity contribution in [2.45, 2.75) is 12.5 Å². The van der Waals surface area contributed by atoms with Gasteiger partial charge >= 0.3 is 0 Å². The van der Waals surface area contributed by atoms with Crippen LogP contribution in [0.4, 0.5) is 0 Å². The number of aliphatic hydroxyl groups is 1. The monoisotopic (exact) mass is 87.1 g/mol. The molecule has 0 radical (unpaired) electrons. The van der Waals surface area contributed by atoms with Gasteiger partial charge in [0.2, 0.25) is 0 Å². The minimum Gasteiger partial charge on any atom is -0.396 e. The van der Waals surface area contributed by atoms with E-state index in [4.69, 9.17) is 10.8 Å². The Morgan fingerprint density at radius 3 is 2.33 bits per heavy atom. The molecule has 1 aliphatic rings. The molecule has 0 spiro atoms. The molecule has 2 heteroatoms. The molecule has 1 rings (SSSR count). The first-order valence-electron chi connectivity index (χ1n) is 2.21. The highest BCUT2D eigenvalue weighted by Gasteiger charge is 2.31. The Balaban J connectivity index is 2.09. The van der Waals surface area contributed by atoms with E-state index in [0.29, 0.717) is 12.0 Å². The third-order valence-electron chi connectivity index (χ3n) is 1.21. The van der Waals surface area contributed by atoms with Gasteiger partial charge < -0.3 is 10.8 Å². The second-order valence-corrected chi connectivity index (χ2v) is 1.84. The van der Waals surface area contributed by atoms with E-state index in [9.17, 15) is 0 Å². The summed E-state index contributed by atoms with van der Waals surface area (Å²) >= 11 is 0. The van der Waals surface area contributed by atoms with E-state index in [1.54, 1.807) is 0 Å². The second-order valence-electron chi connectivity index (χ2n) is 1.84. The summed E-state index contributed by atoms with van der Waals surface area (Å²) in [5.74, 6) is 0.435. The van der Waals surface area contributed by atoms with Gasteiger partial charge in [0.25, 0.3) is 0 Å². The number of rotatable bonds is 1. The normalized spacial score (nSPS) is 43.0. The van der Waals surface area contributed by atoms with Gasteiger partial charge in [0.1, 0.15) is 0 Å². The van der Waals surface area contributed by atoms with Crippen LogP contribution in [0.5, 0.6) is 0 Å². The molecule has 0 amide bonds. The maximum Gasteiger partial charge on any atom is 0.0474 e. The highest BCUT2D eigenvalue weighted by Crippen LogP contribution is 2.25. The van der Waals surface area contributed by atoms with Crippen molar-refractivity contribution in [2.24, 2.45) is 11.7 Å². The molecule has 0 aliphatic heterocycles. The van der Waals surface area contributed by atoms with E-state index in [-0.39, 0.29) is 6.61 Å². The second kappa shape index (κ2) is 1.21. The number of nitrogens with two attached hydrogens (primary N) is 1. The summed E-state index contributed by atoms with van der Waals surface area (Å²) < 4.78 is 0. The van der Waals surface area contributed by atoms with Gasteiger partial charge in [-0.1, -0.05) is 0 Å². The fourth-order valence-corrected chi connectivity index (χ4v) is 0.481. The highest BCUT2D eigenvalue weighted by molar-refractivity contribution is 4.88. The molecule has 1 aliphatic carbocycles. The van der Waals surface area contributed by atoms with Gasteiger partial charge in [0.15, 0.2) is 0 Å². The van der Waals surface area contributed by atoms with Gasteiger partial charge in [-0.15, -0.1) is 0 Å². The summed E-state index contributed by atoms with van der Waals surface area (Å²) in [5.41, 5.74) is 5.32. The van der Waals surface area contributed by atoms with E-state index in [2.05, 4.69) is 0 Å². The largest absolute Gasteiger partial charge is 0.396 e. The lowest BCUT2D eigenvalue weighted by atomic mass is 10.4. The van der Waals surface area contributed by atoms with Crippen LogP contribution in [0.3, 0.4) is 0 Å². The van der Waals surface area contributed by atoms with Crippen molar-refractivity contribution in [3.05, 3.63) is 0 Å². The minimum atomic E-state index is 0.279. The molecule has 2 nitrogen and oxygen atoms in total. The van der Waals surface area contributed by atoms with Crippen LogP contribution in [0.1, 0.15) is 6.42 Å². The Kier molecular flexibility index (Phi) is 0.821. The van der Waals surface area contributed by atoms with Crippen molar-refractivity contribution in [1.29, 1.82) is 0 Å². The average Bonchev–Trinajstić information content (AvgIpc) is 2.19. The molecular weight excluding hydrogens is 78.0 g/mol. The summed E-state index contributed by atoms with van der Waals surface area (Å²) in [6.07, 6.45) is 1.02.